The highest BCUT2D eigenvalue weighted by atomic mass is 16.6. The normalized spacial score (nSPS) is 24.5. The average Bonchev–Trinajstić information content (AvgIpc) is 3.12. The number of nitrogens with zero attached hydrogens (tertiary/aromatic N) is 1. The Morgan fingerprint density at radius 2 is 1.50 bits per heavy atom. The van der Waals surface area contributed by atoms with Crippen LogP contribution in [-0.2, 0) is 19.9 Å². The van der Waals surface area contributed by atoms with Gasteiger partial charge in [0.1, 0.15) is 12.1 Å². The highest BCUT2D eigenvalue weighted by Crippen LogP contribution is 2.38. The standard InChI is InChI=1S/C20H18N2O4/c1-13-12-16(17(23)26-13)22-18(24)20(21-19(22)25,14-8-4-2-5-9-14)15-10-6-3-7-11-15/h2-11,13,16H,12H2,1H3,(H,21,25)/t13-,16+/m1/s1. The van der Waals surface area contributed by atoms with Gasteiger partial charge in [0.2, 0.25) is 0 Å². The van der Waals surface area contributed by atoms with E-state index >= 15 is 0 Å². The lowest BCUT2D eigenvalue weighted by molar-refractivity contribution is -0.147. The zero-order valence-corrected chi connectivity index (χ0v) is 14.2. The van der Waals surface area contributed by atoms with Crippen molar-refractivity contribution in [2.75, 3.05) is 0 Å². The van der Waals surface area contributed by atoms with Crippen LogP contribution in [-0.4, -0.2) is 35.0 Å². The molecule has 2 heterocycles. The second-order valence-electron chi connectivity index (χ2n) is 6.59. The first-order valence-corrected chi connectivity index (χ1v) is 8.51. The first kappa shape index (κ1) is 16.3. The van der Waals surface area contributed by atoms with Crippen molar-refractivity contribution in [2.24, 2.45) is 0 Å². The number of benzene rings is 2. The smallest absolute Gasteiger partial charge is 0.329 e. The lowest BCUT2D eigenvalue weighted by Crippen LogP contribution is -2.47. The summed E-state index contributed by atoms with van der Waals surface area (Å²) in [5.41, 5.74) is -0.0657. The maximum absolute atomic E-state index is 13.5. The molecule has 6 heteroatoms. The third-order valence-electron chi connectivity index (χ3n) is 4.92. The fourth-order valence-corrected chi connectivity index (χ4v) is 3.71. The molecular formula is C20H18N2O4. The summed E-state index contributed by atoms with van der Waals surface area (Å²) < 4.78 is 5.15. The Morgan fingerprint density at radius 3 is 1.96 bits per heavy atom. The number of cyclic esters (lactones) is 1. The second kappa shape index (κ2) is 5.98. The Labute approximate surface area is 150 Å². The van der Waals surface area contributed by atoms with Crippen LogP contribution in [0.2, 0.25) is 0 Å². The van der Waals surface area contributed by atoms with Crippen LogP contribution in [0.1, 0.15) is 24.5 Å². The van der Waals surface area contributed by atoms with Crippen LogP contribution in [0.4, 0.5) is 4.79 Å². The summed E-state index contributed by atoms with van der Waals surface area (Å²) in [6, 6.07) is 16.6. The summed E-state index contributed by atoms with van der Waals surface area (Å²) in [7, 11) is 0. The van der Waals surface area contributed by atoms with Crippen LogP contribution in [0.25, 0.3) is 0 Å². The van der Waals surface area contributed by atoms with Gasteiger partial charge >= 0.3 is 12.0 Å². The molecule has 0 unspecified atom stereocenters. The molecule has 2 atom stereocenters. The van der Waals surface area contributed by atoms with Crippen molar-refractivity contribution in [3.8, 4) is 0 Å². The van der Waals surface area contributed by atoms with Crippen molar-refractivity contribution in [3.63, 3.8) is 0 Å². The van der Waals surface area contributed by atoms with Gasteiger partial charge in [0.05, 0.1) is 0 Å². The van der Waals surface area contributed by atoms with E-state index in [-0.39, 0.29) is 6.10 Å². The number of ether oxygens (including phenoxy) is 1. The average molecular weight is 350 g/mol. The maximum atomic E-state index is 13.5. The molecular weight excluding hydrogens is 332 g/mol. The van der Waals surface area contributed by atoms with Crippen molar-refractivity contribution >= 4 is 17.9 Å². The molecule has 3 amide bonds. The molecule has 26 heavy (non-hydrogen) atoms. The summed E-state index contributed by atoms with van der Waals surface area (Å²) in [5, 5.41) is 2.84. The molecule has 0 radical (unpaired) electrons. The van der Waals surface area contributed by atoms with Crippen molar-refractivity contribution in [3.05, 3.63) is 71.8 Å². The highest BCUT2D eigenvalue weighted by Gasteiger charge is 2.58. The molecule has 0 bridgehead atoms. The Balaban J connectivity index is 1.85. The van der Waals surface area contributed by atoms with E-state index < -0.39 is 29.5 Å². The minimum atomic E-state index is -1.36. The third kappa shape index (κ3) is 2.29. The summed E-state index contributed by atoms with van der Waals surface area (Å²) in [6.45, 7) is 1.75. The number of carbonyl (C=O) groups is 3. The van der Waals surface area contributed by atoms with Gasteiger partial charge < -0.3 is 10.1 Å². The topological polar surface area (TPSA) is 75.7 Å². The van der Waals surface area contributed by atoms with E-state index in [1.54, 1.807) is 31.2 Å². The zero-order chi connectivity index (χ0) is 18.3. The van der Waals surface area contributed by atoms with Gasteiger partial charge in [-0.15, -0.1) is 0 Å². The van der Waals surface area contributed by atoms with E-state index in [4.69, 9.17) is 4.74 Å². The van der Waals surface area contributed by atoms with E-state index in [0.29, 0.717) is 17.5 Å². The fourth-order valence-electron chi connectivity index (χ4n) is 3.71. The molecule has 1 N–H and O–H groups in total. The quantitative estimate of drug-likeness (QED) is 0.680. The van der Waals surface area contributed by atoms with Gasteiger partial charge in [-0.05, 0) is 18.1 Å². The van der Waals surface area contributed by atoms with Crippen LogP contribution in [0, 0.1) is 0 Å². The molecule has 6 nitrogen and oxygen atoms in total. The van der Waals surface area contributed by atoms with E-state index in [2.05, 4.69) is 5.32 Å². The molecule has 0 aromatic heterocycles. The fraction of sp³-hybridized carbons (Fsp3) is 0.250. The maximum Gasteiger partial charge on any atom is 0.329 e. The summed E-state index contributed by atoms with van der Waals surface area (Å²) >= 11 is 0. The lowest BCUT2D eigenvalue weighted by atomic mass is 9.82. The summed E-state index contributed by atoms with van der Waals surface area (Å²) in [4.78, 5) is 39.5. The van der Waals surface area contributed by atoms with Gasteiger partial charge in [0, 0.05) is 6.42 Å². The first-order valence-electron chi connectivity index (χ1n) is 8.51. The van der Waals surface area contributed by atoms with Crippen LogP contribution in [0.15, 0.2) is 60.7 Å². The molecule has 2 aromatic carbocycles. The Kier molecular flexibility index (Phi) is 3.76. The number of hydrogen-bond donors (Lipinski definition) is 1. The molecule has 2 saturated heterocycles. The van der Waals surface area contributed by atoms with Crippen molar-refractivity contribution in [2.45, 2.75) is 31.0 Å². The molecule has 4 rings (SSSR count). The van der Waals surface area contributed by atoms with Gasteiger partial charge in [-0.1, -0.05) is 60.7 Å². The minimum Gasteiger partial charge on any atom is -0.461 e. The van der Waals surface area contributed by atoms with E-state index in [9.17, 15) is 14.4 Å². The van der Waals surface area contributed by atoms with Crippen LogP contribution in [0.5, 0.6) is 0 Å². The van der Waals surface area contributed by atoms with Gasteiger partial charge in [0.25, 0.3) is 5.91 Å². The molecule has 132 valence electrons. The van der Waals surface area contributed by atoms with Crippen LogP contribution < -0.4 is 5.32 Å². The van der Waals surface area contributed by atoms with Crippen molar-refractivity contribution < 1.29 is 19.1 Å². The summed E-state index contributed by atoms with van der Waals surface area (Å²) in [6.07, 6.45) is -0.0194. The first-order chi connectivity index (χ1) is 12.5. The van der Waals surface area contributed by atoms with Crippen LogP contribution in [0.3, 0.4) is 0 Å². The van der Waals surface area contributed by atoms with Gasteiger partial charge in [-0.3, -0.25) is 4.79 Å². The van der Waals surface area contributed by atoms with Gasteiger partial charge in [-0.2, -0.15) is 0 Å². The third-order valence-corrected chi connectivity index (χ3v) is 4.92. The van der Waals surface area contributed by atoms with Gasteiger partial charge in [-0.25, -0.2) is 14.5 Å². The number of urea groups is 1. The molecule has 2 fully saturated rings. The Morgan fingerprint density at radius 1 is 0.962 bits per heavy atom. The number of esters is 1. The number of hydrogen-bond acceptors (Lipinski definition) is 4. The number of nitrogens with one attached hydrogen (secondary N) is 1. The molecule has 2 aromatic rings. The van der Waals surface area contributed by atoms with Crippen molar-refractivity contribution in [1.82, 2.24) is 10.2 Å². The molecule has 2 aliphatic rings. The molecule has 0 spiro atoms. The lowest BCUT2D eigenvalue weighted by Gasteiger charge is -2.28. The Hall–Kier alpha value is -3.15. The van der Waals surface area contributed by atoms with E-state index in [1.807, 2.05) is 36.4 Å². The number of amides is 3. The molecule has 0 saturated carbocycles. The zero-order valence-electron chi connectivity index (χ0n) is 14.2. The Bertz CT molecular complexity index is 826. The highest BCUT2D eigenvalue weighted by molar-refractivity contribution is 6.11. The minimum absolute atomic E-state index is 0.303. The monoisotopic (exact) mass is 350 g/mol. The van der Waals surface area contributed by atoms with E-state index in [0.717, 1.165) is 4.90 Å². The summed E-state index contributed by atoms with van der Waals surface area (Å²) in [5.74, 6) is -1.01. The number of carbonyl (C=O) groups excluding carboxylic acids is 3. The van der Waals surface area contributed by atoms with Crippen LogP contribution >= 0.6 is 0 Å². The molecule has 2 aliphatic heterocycles. The number of rotatable bonds is 3. The SMILES string of the molecule is C[C@@H]1C[C@H](N2C(=O)NC(c3ccccc3)(c3ccccc3)C2=O)C(=O)O1. The second-order valence-corrected chi connectivity index (χ2v) is 6.59. The van der Waals surface area contributed by atoms with Gasteiger partial charge in [0.15, 0.2) is 5.54 Å². The number of imide groups is 1. The van der Waals surface area contributed by atoms with E-state index in [1.165, 1.54) is 0 Å². The van der Waals surface area contributed by atoms with Crippen molar-refractivity contribution in [1.29, 1.82) is 0 Å². The predicted molar refractivity (Wildman–Crippen MR) is 93.0 cm³/mol. The predicted octanol–water partition coefficient (Wildman–Crippen LogP) is 2.19. The largest absolute Gasteiger partial charge is 0.461 e. The molecule has 0 aliphatic carbocycles.